The third-order valence-electron chi connectivity index (χ3n) is 2.43. The molecule has 0 amide bonds. The van der Waals surface area contributed by atoms with Crippen molar-refractivity contribution < 1.29 is 4.42 Å². The van der Waals surface area contributed by atoms with Crippen molar-refractivity contribution in [2.75, 3.05) is 6.54 Å². The third-order valence-corrected chi connectivity index (χ3v) is 3.19. The monoisotopic (exact) mass is 252 g/mol. The summed E-state index contributed by atoms with van der Waals surface area (Å²) < 4.78 is 5.66. The molecule has 2 rings (SSSR count). The molecule has 0 aromatic carbocycles. The van der Waals surface area contributed by atoms with Crippen LogP contribution in [0.1, 0.15) is 38.6 Å². The fourth-order valence-electron chi connectivity index (χ4n) is 1.52. The Labute approximate surface area is 104 Å². The van der Waals surface area contributed by atoms with Crippen LogP contribution in [0, 0.1) is 0 Å². The van der Waals surface area contributed by atoms with Crippen LogP contribution in [0.4, 0.5) is 0 Å². The van der Waals surface area contributed by atoms with Crippen LogP contribution < -0.4 is 5.32 Å². The van der Waals surface area contributed by atoms with Gasteiger partial charge in [0.15, 0.2) is 0 Å². The molecule has 92 valence electrons. The van der Waals surface area contributed by atoms with Crippen molar-refractivity contribution in [2.24, 2.45) is 0 Å². The van der Waals surface area contributed by atoms with Gasteiger partial charge in [-0.05, 0) is 19.4 Å². The molecule has 0 aliphatic rings. The van der Waals surface area contributed by atoms with Crippen LogP contribution in [0.5, 0.6) is 0 Å². The molecule has 0 spiro atoms. The standard InChI is InChI=1S/C11H16N4OS/c1-3-5-13-8(4-2)10-14-15-11(16-10)9-6-12-7-17-9/h6-8,13H,3-5H2,1-2H3. The van der Waals surface area contributed by atoms with Gasteiger partial charge in [0, 0.05) is 0 Å². The molecule has 0 radical (unpaired) electrons. The van der Waals surface area contributed by atoms with Crippen molar-refractivity contribution in [2.45, 2.75) is 32.7 Å². The van der Waals surface area contributed by atoms with Crippen LogP contribution in [0.2, 0.25) is 0 Å². The van der Waals surface area contributed by atoms with Crippen molar-refractivity contribution in [3.05, 3.63) is 17.6 Å². The van der Waals surface area contributed by atoms with Crippen LogP contribution in [0.25, 0.3) is 10.8 Å². The summed E-state index contributed by atoms with van der Waals surface area (Å²) in [7, 11) is 0. The van der Waals surface area contributed by atoms with E-state index in [1.807, 2.05) is 0 Å². The van der Waals surface area contributed by atoms with Gasteiger partial charge in [0.1, 0.15) is 4.88 Å². The smallest absolute Gasteiger partial charge is 0.259 e. The highest BCUT2D eigenvalue weighted by atomic mass is 32.1. The van der Waals surface area contributed by atoms with Gasteiger partial charge in [-0.1, -0.05) is 13.8 Å². The maximum Gasteiger partial charge on any atom is 0.259 e. The zero-order chi connectivity index (χ0) is 12.1. The highest BCUT2D eigenvalue weighted by Crippen LogP contribution is 2.24. The summed E-state index contributed by atoms with van der Waals surface area (Å²) >= 11 is 1.50. The Morgan fingerprint density at radius 3 is 2.94 bits per heavy atom. The Morgan fingerprint density at radius 1 is 1.41 bits per heavy atom. The minimum absolute atomic E-state index is 0.143. The normalized spacial score (nSPS) is 12.8. The number of hydrogen-bond donors (Lipinski definition) is 1. The van der Waals surface area contributed by atoms with E-state index < -0.39 is 0 Å². The number of nitrogens with zero attached hydrogens (tertiary/aromatic N) is 3. The van der Waals surface area contributed by atoms with Gasteiger partial charge in [-0.25, -0.2) is 0 Å². The Morgan fingerprint density at radius 2 is 2.29 bits per heavy atom. The van der Waals surface area contributed by atoms with Crippen molar-refractivity contribution in [1.29, 1.82) is 0 Å². The summed E-state index contributed by atoms with van der Waals surface area (Å²) in [6, 6.07) is 0.143. The SMILES string of the molecule is CCCNC(CC)c1nnc(-c2cncs2)o1. The van der Waals surface area contributed by atoms with Crippen LogP contribution in [-0.4, -0.2) is 21.7 Å². The number of aromatic nitrogens is 3. The van der Waals surface area contributed by atoms with Gasteiger partial charge in [0.25, 0.3) is 5.89 Å². The van der Waals surface area contributed by atoms with Gasteiger partial charge >= 0.3 is 0 Å². The third kappa shape index (κ3) is 2.89. The van der Waals surface area contributed by atoms with Crippen molar-refractivity contribution >= 4 is 11.3 Å². The molecule has 5 nitrogen and oxygen atoms in total. The van der Waals surface area contributed by atoms with Crippen LogP contribution in [0.15, 0.2) is 16.1 Å². The second kappa shape index (κ2) is 5.88. The average Bonchev–Trinajstić information content (AvgIpc) is 3.00. The molecule has 2 aromatic heterocycles. The molecular formula is C11H16N4OS. The molecule has 2 aromatic rings. The first-order valence-electron chi connectivity index (χ1n) is 5.80. The lowest BCUT2D eigenvalue weighted by Crippen LogP contribution is -2.21. The van der Waals surface area contributed by atoms with Gasteiger partial charge in [0.2, 0.25) is 5.89 Å². The van der Waals surface area contributed by atoms with Gasteiger partial charge in [-0.2, -0.15) is 0 Å². The topological polar surface area (TPSA) is 63.8 Å². The molecule has 2 heterocycles. The van der Waals surface area contributed by atoms with Crippen LogP contribution in [-0.2, 0) is 0 Å². The maximum atomic E-state index is 5.66. The average molecular weight is 252 g/mol. The first-order chi connectivity index (χ1) is 8.35. The Kier molecular flexibility index (Phi) is 4.22. The van der Waals surface area contributed by atoms with E-state index >= 15 is 0 Å². The number of rotatable bonds is 6. The summed E-state index contributed by atoms with van der Waals surface area (Å²) in [4.78, 5) is 4.91. The van der Waals surface area contributed by atoms with Crippen molar-refractivity contribution in [3.63, 3.8) is 0 Å². The number of thiazole rings is 1. The zero-order valence-corrected chi connectivity index (χ0v) is 10.8. The summed E-state index contributed by atoms with van der Waals surface area (Å²) in [5.74, 6) is 1.21. The van der Waals surface area contributed by atoms with Crippen LogP contribution >= 0.6 is 11.3 Å². The summed E-state index contributed by atoms with van der Waals surface area (Å²) in [6.45, 7) is 5.19. The first-order valence-corrected chi connectivity index (χ1v) is 6.68. The Bertz CT molecular complexity index is 440. The van der Waals surface area contributed by atoms with E-state index in [0.717, 1.165) is 24.3 Å². The van der Waals surface area contributed by atoms with Gasteiger partial charge in [-0.3, -0.25) is 4.98 Å². The summed E-state index contributed by atoms with van der Waals surface area (Å²) in [5, 5.41) is 11.5. The van der Waals surface area contributed by atoms with Crippen LogP contribution in [0.3, 0.4) is 0 Å². The lowest BCUT2D eigenvalue weighted by molar-refractivity contribution is 0.396. The largest absolute Gasteiger partial charge is 0.418 e. The lowest BCUT2D eigenvalue weighted by Gasteiger charge is -2.11. The fourth-order valence-corrected chi connectivity index (χ4v) is 2.06. The zero-order valence-electron chi connectivity index (χ0n) is 10.0. The molecule has 1 unspecified atom stereocenters. The molecule has 0 bridgehead atoms. The second-order valence-corrected chi connectivity index (χ2v) is 4.61. The molecule has 0 fully saturated rings. The molecule has 0 saturated heterocycles. The minimum Gasteiger partial charge on any atom is -0.418 e. The van der Waals surface area contributed by atoms with E-state index in [1.54, 1.807) is 11.7 Å². The van der Waals surface area contributed by atoms with Gasteiger partial charge in [-0.15, -0.1) is 21.5 Å². The fraction of sp³-hybridized carbons (Fsp3) is 0.545. The van der Waals surface area contributed by atoms with E-state index in [2.05, 4.69) is 34.3 Å². The van der Waals surface area contributed by atoms with Crippen molar-refractivity contribution in [1.82, 2.24) is 20.5 Å². The molecule has 6 heteroatoms. The molecule has 1 N–H and O–H groups in total. The lowest BCUT2D eigenvalue weighted by atomic mass is 10.2. The minimum atomic E-state index is 0.143. The van der Waals surface area contributed by atoms with Gasteiger partial charge in [0.05, 0.1) is 17.7 Å². The summed E-state index contributed by atoms with van der Waals surface area (Å²) in [5.41, 5.74) is 1.76. The van der Waals surface area contributed by atoms with E-state index in [1.165, 1.54) is 11.3 Å². The molecule has 0 aliphatic carbocycles. The number of hydrogen-bond acceptors (Lipinski definition) is 6. The molecule has 17 heavy (non-hydrogen) atoms. The molecule has 0 aliphatic heterocycles. The quantitative estimate of drug-likeness (QED) is 0.856. The first kappa shape index (κ1) is 12.2. The number of nitrogens with one attached hydrogen (secondary N) is 1. The Hall–Kier alpha value is -1.27. The maximum absolute atomic E-state index is 5.66. The summed E-state index contributed by atoms with van der Waals surface area (Å²) in [6.07, 6.45) is 3.76. The predicted molar refractivity (Wildman–Crippen MR) is 66.7 cm³/mol. The molecule has 0 saturated carbocycles. The van der Waals surface area contributed by atoms with Crippen molar-refractivity contribution in [3.8, 4) is 10.8 Å². The van der Waals surface area contributed by atoms with E-state index in [9.17, 15) is 0 Å². The van der Waals surface area contributed by atoms with E-state index in [0.29, 0.717) is 11.8 Å². The highest BCUT2D eigenvalue weighted by Gasteiger charge is 2.17. The predicted octanol–water partition coefficient (Wildman–Crippen LogP) is 2.64. The second-order valence-electron chi connectivity index (χ2n) is 3.73. The Balaban J connectivity index is 2.11. The molecular weight excluding hydrogens is 236 g/mol. The van der Waals surface area contributed by atoms with Gasteiger partial charge < -0.3 is 9.73 Å². The highest BCUT2D eigenvalue weighted by molar-refractivity contribution is 7.13. The molecule has 1 atom stereocenters. The van der Waals surface area contributed by atoms with E-state index in [-0.39, 0.29) is 6.04 Å². The van der Waals surface area contributed by atoms with E-state index in [4.69, 9.17) is 4.42 Å².